The molecule has 28 heavy (non-hydrogen) atoms. The molecule has 0 heterocycles. The largest absolute Gasteiger partial charge is 0.519 e. The normalized spacial score (nSPS) is 16.0. The molecule has 0 bridgehead atoms. The average Bonchev–Trinajstić information content (AvgIpc) is 2.47. The highest BCUT2D eigenvalue weighted by Crippen LogP contribution is 2.40. The maximum Gasteiger partial charge on any atom is 0.295 e. The molecule has 0 aromatic rings. The van der Waals surface area contributed by atoms with E-state index in [9.17, 15) is 4.79 Å². The molecule has 0 aliphatic rings. The highest BCUT2D eigenvalue weighted by molar-refractivity contribution is 6.75. The first-order chi connectivity index (χ1) is 12.4. The van der Waals surface area contributed by atoms with Crippen molar-refractivity contribution in [2.45, 2.75) is 136 Å². The van der Waals surface area contributed by atoms with Crippen molar-refractivity contribution in [3.05, 3.63) is 0 Å². The number of hydrogen-bond acceptors (Lipinski definition) is 3. The van der Waals surface area contributed by atoms with Crippen LogP contribution in [0.15, 0.2) is 0 Å². The highest BCUT2D eigenvalue weighted by Gasteiger charge is 2.43. The van der Waals surface area contributed by atoms with Gasteiger partial charge in [-0.25, -0.2) is 0 Å². The van der Waals surface area contributed by atoms with Gasteiger partial charge < -0.3 is 8.85 Å². The number of carbonyl (C=O) groups is 1. The fourth-order valence-electron chi connectivity index (χ4n) is 2.64. The molecule has 168 valence electrons. The Morgan fingerprint density at radius 3 is 1.79 bits per heavy atom. The number of hydrogen-bond donors (Lipinski definition) is 0. The second kappa shape index (κ2) is 10.8. The standard InChI is InChI=1S/C23H50O3Si2/c1-13-14-15-16-17-19(2)20(25-27(9,10)22(3,4)5)18-21(24)26-28(11,12)23(6,7)8/h19-20H,13-18H2,1-12H3. The number of carbonyl (C=O) groups excluding carboxylic acids is 1. The molecule has 3 nitrogen and oxygen atoms in total. The maximum absolute atomic E-state index is 12.9. The van der Waals surface area contributed by atoms with Gasteiger partial charge in [-0.3, -0.25) is 4.79 Å². The van der Waals surface area contributed by atoms with Crippen molar-refractivity contribution in [3.63, 3.8) is 0 Å². The molecule has 0 aliphatic heterocycles. The minimum Gasteiger partial charge on any atom is -0.519 e. The van der Waals surface area contributed by atoms with Crippen molar-refractivity contribution in [2.24, 2.45) is 5.92 Å². The predicted octanol–water partition coefficient (Wildman–Crippen LogP) is 7.92. The Morgan fingerprint density at radius 2 is 1.36 bits per heavy atom. The van der Waals surface area contributed by atoms with Crippen molar-refractivity contribution >= 4 is 22.6 Å². The molecular formula is C23H50O3Si2. The molecule has 0 aromatic heterocycles. The Morgan fingerprint density at radius 1 is 0.857 bits per heavy atom. The molecule has 0 saturated carbocycles. The Balaban J connectivity index is 5.24. The van der Waals surface area contributed by atoms with Crippen LogP contribution in [0.5, 0.6) is 0 Å². The van der Waals surface area contributed by atoms with E-state index >= 15 is 0 Å². The zero-order valence-corrected chi connectivity index (χ0v) is 23.1. The molecule has 5 heteroatoms. The third-order valence-corrected chi connectivity index (χ3v) is 15.8. The first-order valence-corrected chi connectivity index (χ1v) is 17.2. The van der Waals surface area contributed by atoms with Crippen LogP contribution in [0.2, 0.25) is 36.3 Å². The van der Waals surface area contributed by atoms with Crippen LogP contribution in [0.1, 0.15) is 93.9 Å². The second-order valence-corrected chi connectivity index (χ2v) is 21.2. The van der Waals surface area contributed by atoms with E-state index in [-0.39, 0.29) is 22.1 Å². The molecule has 2 atom stereocenters. The van der Waals surface area contributed by atoms with Crippen molar-refractivity contribution in [1.82, 2.24) is 0 Å². The van der Waals surface area contributed by atoms with Crippen LogP contribution in [0.4, 0.5) is 0 Å². The lowest BCUT2D eigenvalue weighted by Crippen LogP contribution is -2.47. The third-order valence-electron chi connectivity index (χ3n) is 6.94. The van der Waals surface area contributed by atoms with Crippen molar-refractivity contribution in [2.75, 3.05) is 0 Å². The summed E-state index contributed by atoms with van der Waals surface area (Å²) in [6, 6.07) is 0. The first-order valence-electron chi connectivity index (χ1n) is 11.3. The van der Waals surface area contributed by atoms with Gasteiger partial charge in [0, 0.05) is 0 Å². The van der Waals surface area contributed by atoms with Gasteiger partial charge in [0.15, 0.2) is 8.32 Å². The van der Waals surface area contributed by atoms with Crippen LogP contribution in [0, 0.1) is 5.92 Å². The molecule has 0 N–H and O–H groups in total. The lowest BCUT2D eigenvalue weighted by Gasteiger charge is -2.41. The van der Waals surface area contributed by atoms with Crippen molar-refractivity contribution < 1.29 is 13.6 Å². The molecule has 0 saturated heterocycles. The summed E-state index contributed by atoms with van der Waals surface area (Å²) < 4.78 is 12.8. The van der Waals surface area contributed by atoms with Gasteiger partial charge in [0.05, 0.1) is 12.5 Å². The Kier molecular flexibility index (Phi) is 10.7. The SMILES string of the molecule is CCCCCCC(C)C(CC(=O)O[Si](C)(C)C(C)(C)C)O[Si](C)(C)C(C)(C)C. The summed E-state index contributed by atoms with van der Waals surface area (Å²) in [5, 5.41) is 0.167. The lowest BCUT2D eigenvalue weighted by molar-refractivity contribution is -0.138. The first kappa shape index (κ1) is 27.9. The Bertz CT molecular complexity index is 473. The zero-order chi connectivity index (χ0) is 22.4. The second-order valence-electron chi connectivity index (χ2n) is 11.7. The van der Waals surface area contributed by atoms with E-state index in [1.54, 1.807) is 0 Å². The zero-order valence-electron chi connectivity index (χ0n) is 21.1. The van der Waals surface area contributed by atoms with Gasteiger partial charge in [-0.15, -0.1) is 0 Å². The molecular weight excluding hydrogens is 380 g/mol. The molecule has 0 amide bonds. The summed E-state index contributed by atoms with van der Waals surface area (Å²) in [6.07, 6.45) is 6.47. The van der Waals surface area contributed by atoms with Crippen LogP contribution in [0.3, 0.4) is 0 Å². The number of rotatable bonds is 11. The van der Waals surface area contributed by atoms with Crippen LogP contribution < -0.4 is 0 Å². The molecule has 0 aromatic carbocycles. The molecule has 0 radical (unpaired) electrons. The van der Waals surface area contributed by atoms with E-state index in [2.05, 4.69) is 81.6 Å². The van der Waals surface area contributed by atoms with E-state index in [0.29, 0.717) is 12.3 Å². The summed E-state index contributed by atoms with van der Waals surface area (Å²) in [4.78, 5) is 12.9. The summed E-state index contributed by atoms with van der Waals surface area (Å²) in [5.41, 5.74) is 0. The summed E-state index contributed by atoms with van der Waals surface area (Å²) in [7, 11) is -4.04. The van der Waals surface area contributed by atoms with Crippen molar-refractivity contribution in [1.29, 1.82) is 0 Å². The van der Waals surface area contributed by atoms with Crippen molar-refractivity contribution in [3.8, 4) is 0 Å². The topological polar surface area (TPSA) is 35.5 Å². The van der Waals surface area contributed by atoms with Gasteiger partial charge in [0.25, 0.3) is 14.3 Å². The van der Waals surface area contributed by atoms with Crippen LogP contribution in [-0.2, 0) is 13.6 Å². The summed E-state index contributed by atoms with van der Waals surface area (Å²) >= 11 is 0. The quantitative estimate of drug-likeness (QED) is 0.246. The van der Waals surface area contributed by atoms with Crippen LogP contribution in [-0.4, -0.2) is 28.7 Å². The minimum absolute atomic E-state index is 0.0320. The predicted molar refractivity (Wildman–Crippen MR) is 128 cm³/mol. The third kappa shape index (κ3) is 9.12. The molecule has 0 fully saturated rings. The van der Waals surface area contributed by atoms with E-state index in [1.165, 1.54) is 25.7 Å². The maximum atomic E-state index is 12.9. The summed E-state index contributed by atoms with van der Waals surface area (Å²) in [6.45, 7) is 26.6. The lowest BCUT2D eigenvalue weighted by atomic mass is 9.95. The van der Waals surface area contributed by atoms with Crippen LogP contribution >= 0.6 is 0 Å². The number of unbranched alkanes of at least 4 members (excludes halogenated alkanes) is 3. The molecule has 0 aliphatic carbocycles. The summed E-state index contributed by atoms with van der Waals surface area (Å²) in [5.74, 6) is 0.300. The van der Waals surface area contributed by atoms with E-state index in [4.69, 9.17) is 8.85 Å². The van der Waals surface area contributed by atoms with E-state index in [0.717, 1.165) is 6.42 Å². The fourth-order valence-corrected chi connectivity index (χ4v) is 5.02. The van der Waals surface area contributed by atoms with E-state index in [1.807, 2.05) is 0 Å². The van der Waals surface area contributed by atoms with Gasteiger partial charge in [-0.1, -0.05) is 81.1 Å². The molecule has 2 unspecified atom stereocenters. The van der Waals surface area contributed by atoms with Gasteiger partial charge >= 0.3 is 0 Å². The Hall–Kier alpha value is -0.136. The monoisotopic (exact) mass is 430 g/mol. The van der Waals surface area contributed by atoms with Gasteiger partial charge in [-0.2, -0.15) is 0 Å². The van der Waals surface area contributed by atoms with Gasteiger partial charge in [-0.05, 0) is 48.6 Å². The highest BCUT2D eigenvalue weighted by atomic mass is 28.4. The smallest absolute Gasteiger partial charge is 0.295 e. The molecule has 0 rings (SSSR count). The molecule has 0 spiro atoms. The van der Waals surface area contributed by atoms with Gasteiger partial charge in [0.1, 0.15) is 0 Å². The Labute approximate surface area is 178 Å². The fraction of sp³-hybridized carbons (Fsp3) is 0.957. The average molecular weight is 431 g/mol. The minimum atomic E-state index is -2.09. The van der Waals surface area contributed by atoms with E-state index < -0.39 is 16.6 Å². The van der Waals surface area contributed by atoms with Gasteiger partial charge in [0.2, 0.25) is 0 Å². The van der Waals surface area contributed by atoms with Crippen LogP contribution in [0.25, 0.3) is 0 Å².